The quantitative estimate of drug-likeness (QED) is 0.434. The number of benzene rings is 2. The summed E-state index contributed by atoms with van der Waals surface area (Å²) in [6.45, 7) is 0. The first-order chi connectivity index (χ1) is 12.1. The van der Waals surface area contributed by atoms with Gasteiger partial charge < -0.3 is 10.4 Å². The molecule has 0 aliphatic rings. The molecule has 134 valence electrons. The third kappa shape index (κ3) is 3.58. The van der Waals surface area contributed by atoms with Crippen LogP contribution in [0, 0.1) is 40.5 Å². The van der Waals surface area contributed by atoms with E-state index in [0.717, 1.165) is 12.1 Å². The molecule has 2 aromatic rings. The standard InChI is InChI=1S/C12H7N5O9/c18-9-4-10(16(23)24)12(11(5-9)17(25)26)13-6-1-7(14(19)20)3-8(2-6)15(21)22/h1-5,13,18H. The van der Waals surface area contributed by atoms with Gasteiger partial charge in [0.25, 0.3) is 11.4 Å². The third-order valence-corrected chi connectivity index (χ3v) is 3.07. The van der Waals surface area contributed by atoms with Crippen molar-refractivity contribution in [3.05, 3.63) is 70.8 Å². The fourth-order valence-electron chi connectivity index (χ4n) is 2.04. The number of phenols is 1. The fraction of sp³-hybridized carbons (Fsp3) is 0. The van der Waals surface area contributed by atoms with E-state index in [1.54, 1.807) is 0 Å². The van der Waals surface area contributed by atoms with Gasteiger partial charge in [-0.25, -0.2) is 0 Å². The number of nitrogens with one attached hydrogen (secondary N) is 1. The Morgan fingerprint density at radius 1 is 0.692 bits per heavy atom. The summed E-state index contributed by atoms with van der Waals surface area (Å²) < 4.78 is 0. The van der Waals surface area contributed by atoms with Gasteiger partial charge in [0.1, 0.15) is 5.75 Å². The highest BCUT2D eigenvalue weighted by atomic mass is 16.6. The summed E-state index contributed by atoms with van der Waals surface area (Å²) in [4.78, 5) is 40.1. The lowest BCUT2D eigenvalue weighted by molar-refractivity contribution is -0.394. The lowest BCUT2D eigenvalue weighted by atomic mass is 10.2. The van der Waals surface area contributed by atoms with Crippen LogP contribution in [0.5, 0.6) is 5.75 Å². The molecule has 2 N–H and O–H groups in total. The van der Waals surface area contributed by atoms with Gasteiger partial charge in [0, 0.05) is 12.1 Å². The summed E-state index contributed by atoms with van der Waals surface area (Å²) in [7, 11) is 0. The number of hydrogen-bond donors (Lipinski definition) is 2. The summed E-state index contributed by atoms with van der Waals surface area (Å²) >= 11 is 0. The molecule has 0 aliphatic carbocycles. The Kier molecular flexibility index (Phi) is 4.59. The highest BCUT2D eigenvalue weighted by Crippen LogP contribution is 2.40. The number of nitro benzene ring substituents is 4. The minimum Gasteiger partial charge on any atom is -0.507 e. The molecule has 0 saturated carbocycles. The molecule has 0 saturated heterocycles. The predicted octanol–water partition coefficient (Wildman–Crippen LogP) is 2.77. The highest BCUT2D eigenvalue weighted by molar-refractivity contribution is 5.81. The molecular weight excluding hydrogens is 358 g/mol. The Labute approximate surface area is 141 Å². The maximum absolute atomic E-state index is 11.1. The van der Waals surface area contributed by atoms with Crippen LogP contribution in [0.2, 0.25) is 0 Å². The summed E-state index contributed by atoms with van der Waals surface area (Å²) in [5.74, 6) is -0.751. The molecule has 0 bridgehead atoms. The van der Waals surface area contributed by atoms with Crippen molar-refractivity contribution in [1.82, 2.24) is 0 Å². The minimum absolute atomic E-state index is 0.359. The lowest BCUT2D eigenvalue weighted by Gasteiger charge is -2.08. The van der Waals surface area contributed by atoms with E-state index in [1.165, 1.54) is 0 Å². The van der Waals surface area contributed by atoms with Gasteiger partial charge in [-0.1, -0.05) is 0 Å². The van der Waals surface area contributed by atoms with Gasteiger partial charge in [0.05, 0.1) is 43.6 Å². The average molecular weight is 365 g/mol. The number of anilines is 2. The minimum atomic E-state index is -1.03. The first-order valence-corrected chi connectivity index (χ1v) is 6.47. The molecule has 14 heteroatoms. The molecule has 0 radical (unpaired) electrons. The van der Waals surface area contributed by atoms with E-state index in [9.17, 15) is 45.6 Å². The van der Waals surface area contributed by atoms with Crippen LogP contribution in [0.3, 0.4) is 0 Å². The van der Waals surface area contributed by atoms with Crippen molar-refractivity contribution in [3.8, 4) is 5.75 Å². The van der Waals surface area contributed by atoms with Crippen molar-refractivity contribution >= 4 is 34.1 Å². The molecule has 26 heavy (non-hydrogen) atoms. The average Bonchev–Trinajstić information content (AvgIpc) is 2.55. The molecular formula is C12H7N5O9. The second kappa shape index (κ2) is 6.63. The van der Waals surface area contributed by atoms with Gasteiger partial charge in [-0.2, -0.15) is 0 Å². The number of rotatable bonds is 6. The summed E-state index contributed by atoms with van der Waals surface area (Å²) in [6.07, 6.45) is 0. The van der Waals surface area contributed by atoms with E-state index >= 15 is 0 Å². The predicted molar refractivity (Wildman–Crippen MR) is 84.4 cm³/mol. The van der Waals surface area contributed by atoms with Gasteiger partial charge in [0.2, 0.25) is 0 Å². The SMILES string of the molecule is O=[N+]([O-])c1cc(Nc2c([N+](=O)[O-])cc(O)cc2[N+](=O)[O-])cc([N+](=O)[O-])c1. The van der Waals surface area contributed by atoms with Crippen LogP contribution in [0.25, 0.3) is 0 Å². The second-order valence-corrected chi connectivity index (χ2v) is 4.75. The Morgan fingerprint density at radius 2 is 1.12 bits per heavy atom. The van der Waals surface area contributed by atoms with Crippen molar-refractivity contribution in [2.75, 3.05) is 5.32 Å². The van der Waals surface area contributed by atoms with Gasteiger partial charge in [-0.15, -0.1) is 0 Å². The molecule has 14 nitrogen and oxygen atoms in total. The van der Waals surface area contributed by atoms with Crippen molar-refractivity contribution in [2.45, 2.75) is 0 Å². The van der Waals surface area contributed by atoms with Crippen LogP contribution < -0.4 is 5.32 Å². The maximum atomic E-state index is 11.1. The number of non-ortho nitro benzene ring substituents is 2. The van der Waals surface area contributed by atoms with E-state index in [2.05, 4.69) is 5.32 Å². The molecule has 0 fully saturated rings. The van der Waals surface area contributed by atoms with Crippen LogP contribution in [0.4, 0.5) is 34.1 Å². The largest absolute Gasteiger partial charge is 0.507 e. The first-order valence-electron chi connectivity index (χ1n) is 6.47. The van der Waals surface area contributed by atoms with E-state index in [4.69, 9.17) is 0 Å². The second-order valence-electron chi connectivity index (χ2n) is 4.75. The van der Waals surface area contributed by atoms with Gasteiger partial charge >= 0.3 is 11.4 Å². The topological polar surface area (TPSA) is 205 Å². The zero-order valence-corrected chi connectivity index (χ0v) is 12.4. The smallest absolute Gasteiger partial charge is 0.303 e. The molecule has 0 spiro atoms. The first kappa shape index (κ1) is 18.0. The van der Waals surface area contributed by atoms with Crippen LogP contribution in [-0.4, -0.2) is 24.8 Å². The molecule has 0 atom stereocenters. The van der Waals surface area contributed by atoms with Crippen molar-refractivity contribution < 1.29 is 24.8 Å². The van der Waals surface area contributed by atoms with Crippen molar-refractivity contribution in [3.63, 3.8) is 0 Å². The van der Waals surface area contributed by atoms with E-state index < -0.39 is 53.9 Å². The number of phenolic OH excluding ortho intramolecular Hbond substituents is 1. The monoisotopic (exact) mass is 365 g/mol. The third-order valence-electron chi connectivity index (χ3n) is 3.07. The Bertz CT molecular complexity index is 891. The van der Waals surface area contributed by atoms with Crippen LogP contribution >= 0.6 is 0 Å². The van der Waals surface area contributed by atoms with E-state index in [1.807, 2.05) is 0 Å². The molecule has 2 aromatic carbocycles. The number of hydrogen-bond acceptors (Lipinski definition) is 10. The molecule has 0 aromatic heterocycles. The van der Waals surface area contributed by atoms with Crippen molar-refractivity contribution in [1.29, 1.82) is 0 Å². The molecule has 2 rings (SSSR count). The number of nitro groups is 4. The molecule has 0 heterocycles. The number of aromatic hydroxyl groups is 1. The van der Waals surface area contributed by atoms with Gasteiger partial charge in [0.15, 0.2) is 5.69 Å². The fourth-order valence-corrected chi connectivity index (χ4v) is 2.04. The van der Waals surface area contributed by atoms with Crippen LogP contribution in [0.15, 0.2) is 30.3 Å². The lowest BCUT2D eigenvalue weighted by Crippen LogP contribution is -2.03. The Morgan fingerprint density at radius 3 is 1.46 bits per heavy atom. The van der Waals surface area contributed by atoms with Crippen molar-refractivity contribution in [2.24, 2.45) is 0 Å². The summed E-state index contributed by atoms with van der Waals surface area (Å²) in [5, 5.41) is 55.6. The summed E-state index contributed by atoms with van der Waals surface area (Å²) in [5.41, 5.74) is -4.26. The zero-order chi connectivity index (χ0) is 19.6. The molecule has 0 aliphatic heterocycles. The zero-order valence-electron chi connectivity index (χ0n) is 12.4. The Hall–Kier alpha value is -4.36. The summed E-state index contributed by atoms with van der Waals surface area (Å²) in [6, 6.07) is 3.54. The van der Waals surface area contributed by atoms with Gasteiger partial charge in [-0.3, -0.25) is 40.5 Å². The molecule has 0 amide bonds. The Balaban J connectivity index is 2.68. The number of nitrogens with zero attached hydrogens (tertiary/aromatic N) is 4. The van der Waals surface area contributed by atoms with Crippen LogP contribution in [-0.2, 0) is 0 Å². The molecule has 0 unspecified atom stereocenters. The maximum Gasteiger partial charge on any atom is 0.303 e. The van der Waals surface area contributed by atoms with Crippen LogP contribution in [0.1, 0.15) is 0 Å². The highest BCUT2D eigenvalue weighted by Gasteiger charge is 2.28. The normalized spacial score (nSPS) is 10.2. The van der Waals surface area contributed by atoms with E-state index in [0.29, 0.717) is 18.2 Å². The van der Waals surface area contributed by atoms with Gasteiger partial charge in [-0.05, 0) is 0 Å². The van der Waals surface area contributed by atoms with E-state index in [-0.39, 0.29) is 5.69 Å².